The van der Waals surface area contributed by atoms with Crippen LogP contribution in [0.4, 0.5) is 0 Å². The Morgan fingerprint density at radius 1 is 0.538 bits per heavy atom. The van der Waals surface area contributed by atoms with E-state index in [9.17, 15) is 10.2 Å². The van der Waals surface area contributed by atoms with E-state index in [1.165, 1.54) is 32.1 Å². The van der Waals surface area contributed by atoms with Crippen LogP contribution in [0.15, 0.2) is 72.8 Å². The quantitative estimate of drug-likeness (QED) is 0.141. The first-order valence-corrected chi connectivity index (χ1v) is 13.8. The van der Waals surface area contributed by atoms with Crippen molar-refractivity contribution in [1.82, 2.24) is 15.0 Å². The second kappa shape index (κ2) is 14.8. The summed E-state index contributed by atoms with van der Waals surface area (Å²) in [5, 5.41) is 30.1. The number of aromatic nitrogens is 3. The zero-order chi connectivity index (χ0) is 27.3. The molecule has 0 fully saturated rings. The van der Waals surface area contributed by atoms with Gasteiger partial charge in [-0.25, -0.2) is 15.0 Å². The fourth-order valence-electron chi connectivity index (χ4n) is 4.43. The first-order valence-electron chi connectivity index (χ1n) is 13.8. The third-order valence-electron chi connectivity index (χ3n) is 6.59. The van der Waals surface area contributed by atoms with Crippen LogP contribution in [0, 0.1) is 0 Å². The molecule has 4 aromatic rings. The van der Waals surface area contributed by atoms with Crippen molar-refractivity contribution in [2.75, 3.05) is 13.2 Å². The highest BCUT2D eigenvalue weighted by Gasteiger charge is 2.16. The second-order valence-electron chi connectivity index (χ2n) is 9.62. The average Bonchev–Trinajstić information content (AvgIpc) is 2.96. The van der Waals surface area contributed by atoms with Gasteiger partial charge in [0.15, 0.2) is 17.5 Å². The lowest BCUT2D eigenvalue weighted by Gasteiger charge is -2.11. The highest BCUT2D eigenvalue weighted by molar-refractivity contribution is 5.72. The number of phenolic OH excluding ortho intramolecular Hbond substituents is 2. The zero-order valence-electron chi connectivity index (χ0n) is 22.3. The normalized spacial score (nSPS) is 11.0. The molecular formula is C32H37N3O4. The van der Waals surface area contributed by atoms with E-state index in [-0.39, 0.29) is 11.5 Å². The van der Waals surface area contributed by atoms with E-state index in [2.05, 4.69) is 15.0 Å². The largest absolute Gasteiger partial charge is 0.507 e. The molecule has 0 unspecified atom stereocenters. The van der Waals surface area contributed by atoms with Gasteiger partial charge in [0.2, 0.25) is 0 Å². The van der Waals surface area contributed by atoms with Crippen LogP contribution in [0.2, 0.25) is 0 Å². The minimum atomic E-state index is 0.0159. The van der Waals surface area contributed by atoms with Gasteiger partial charge >= 0.3 is 0 Å². The molecule has 0 aliphatic rings. The molecule has 0 amide bonds. The number of para-hydroxylation sites is 1. The van der Waals surface area contributed by atoms with Gasteiger partial charge in [-0.1, -0.05) is 87.4 Å². The van der Waals surface area contributed by atoms with Gasteiger partial charge in [0.05, 0.1) is 17.7 Å². The van der Waals surface area contributed by atoms with Crippen LogP contribution in [0.3, 0.4) is 0 Å². The predicted molar refractivity (Wildman–Crippen MR) is 154 cm³/mol. The summed E-state index contributed by atoms with van der Waals surface area (Å²) < 4.78 is 5.88. The Morgan fingerprint density at radius 2 is 1.10 bits per heavy atom. The fourth-order valence-corrected chi connectivity index (χ4v) is 4.43. The number of unbranched alkanes of at least 4 members (excludes halogenated alkanes) is 8. The van der Waals surface area contributed by atoms with Crippen molar-refractivity contribution in [1.29, 1.82) is 0 Å². The van der Waals surface area contributed by atoms with E-state index in [1.54, 1.807) is 30.3 Å². The maximum absolute atomic E-state index is 10.9. The Balaban J connectivity index is 1.40. The monoisotopic (exact) mass is 527 g/mol. The molecule has 1 aromatic heterocycles. The van der Waals surface area contributed by atoms with E-state index in [0.717, 1.165) is 31.2 Å². The molecule has 0 spiro atoms. The first-order chi connectivity index (χ1) is 19.2. The van der Waals surface area contributed by atoms with Gasteiger partial charge in [0, 0.05) is 18.2 Å². The number of aliphatic hydroxyl groups is 1. The Bertz CT molecular complexity index is 1310. The van der Waals surface area contributed by atoms with E-state index >= 15 is 0 Å². The Hall–Kier alpha value is -3.97. The predicted octanol–water partition coefficient (Wildman–Crippen LogP) is 7.17. The molecule has 0 atom stereocenters. The van der Waals surface area contributed by atoms with Crippen molar-refractivity contribution < 1.29 is 20.1 Å². The zero-order valence-corrected chi connectivity index (χ0v) is 22.3. The van der Waals surface area contributed by atoms with Gasteiger partial charge in [0.25, 0.3) is 0 Å². The lowest BCUT2D eigenvalue weighted by atomic mass is 10.1. The van der Waals surface area contributed by atoms with Crippen LogP contribution in [-0.4, -0.2) is 43.5 Å². The summed E-state index contributed by atoms with van der Waals surface area (Å²) >= 11 is 0. The third kappa shape index (κ3) is 8.26. The van der Waals surface area contributed by atoms with Gasteiger partial charge < -0.3 is 20.1 Å². The number of aromatic hydroxyl groups is 2. The van der Waals surface area contributed by atoms with E-state index in [0.29, 0.717) is 47.6 Å². The number of aliphatic hydroxyl groups excluding tert-OH is 1. The topological polar surface area (TPSA) is 109 Å². The minimum absolute atomic E-state index is 0.0159. The highest BCUT2D eigenvalue weighted by Crippen LogP contribution is 2.34. The maximum atomic E-state index is 10.9. The molecule has 0 bridgehead atoms. The summed E-state index contributed by atoms with van der Waals surface area (Å²) in [7, 11) is 0. The van der Waals surface area contributed by atoms with Gasteiger partial charge in [-0.15, -0.1) is 0 Å². The summed E-state index contributed by atoms with van der Waals surface area (Å²) in [6.45, 7) is 0.893. The van der Waals surface area contributed by atoms with Crippen LogP contribution in [-0.2, 0) is 0 Å². The van der Waals surface area contributed by atoms with Gasteiger partial charge in [-0.05, 0) is 37.1 Å². The molecule has 7 nitrogen and oxygen atoms in total. The molecule has 0 saturated heterocycles. The molecule has 3 N–H and O–H groups in total. The van der Waals surface area contributed by atoms with Crippen LogP contribution >= 0.6 is 0 Å². The molecular weight excluding hydrogens is 490 g/mol. The number of nitrogens with zero attached hydrogens (tertiary/aromatic N) is 3. The smallest absolute Gasteiger partial charge is 0.167 e. The van der Waals surface area contributed by atoms with Crippen molar-refractivity contribution in [2.24, 2.45) is 0 Å². The van der Waals surface area contributed by atoms with E-state index < -0.39 is 0 Å². The number of hydrogen-bond donors (Lipinski definition) is 3. The van der Waals surface area contributed by atoms with Crippen LogP contribution in [0.1, 0.15) is 57.8 Å². The molecule has 0 aliphatic heterocycles. The number of rotatable bonds is 15. The number of ether oxygens (including phenoxy) is 1. The number of benzene rings is 3. The Labute approximate surface area is 230 Å². The van der Waals surface area contributed by atoms with Gasteiger partial charge in [-0.3, -0.25) is 0 Å². The molecule has 0 aliphatic carbocycles. The fraction of sp³-hybridized carbons (Fsp3) is 0.344. The Kier molecular flexibility index (Phi) is 10.7. The number of phenols is 2. The molecule has 1 heterocycles. The number of hydrogen-bond acceptors (Lipinski definition) is 7. The second-order valence-corrected chi connectivity index (χ2v) is 9.62. The first kappa shape index (κ1) is 28.0. The summed E-state index contributed by atoms with van der Waals surface area (Å²) in [6, 6.07) is 21.6. The van der Waals surface area contributed by atoms with E-state index in [4.69, 9.17) is 9.84 Å². The van der Waals surface area contributed by atoms with Crippen LogP contribution < -0.4 is 4.74 Å². The van der Waals surface area contributed by atoms with Crippen LogP contribution in [0.5, 0.6) is 17.2 Å². The average molecular weight is 528 g/mol. The lowest BCUT2D eigenvalue weighted by molar-refractivity contribution is 0.282. The molecule has 7 heteroatoms. The summed E-state index contributed by atoms with van der Waals surface area (Å²) in [5.41, 5.74) is 1.75. The minimum Gasteiger partial charge on any atom is -0.507 e. The molecule has 4 rings (SSSR count). The van der Waals surface area contributed by atoms with Gasteiger partial charge in [0.1, 0.15) is 17.2 Å². The maximum Gasteiger partial charge on any atom is 0.167 e. The molecule has 3 aromatic carbocycles. The molecule has 0 radical (unpaired) electrons. The summed E-state index contributed by atoms with van der Waals surface area (Å²) in [4.78, 5) is 13.8. The third-order valence-corrected chi connectivity index (χ3v) is 6.59. The van der Waals surface area contributed by atoms with E-state index in [1.807, 2.05) is 42.5 Å². The summed E-state index contributed by atoms with van der Waals surface area (Å²) in [6.07, 6.45) is 10.2. The Morgan fingerprint density at radius 3 is 1.74 bits per heavy atom. The molecule has 0 saturated carbocycles. The lowest BCUT2D eigenvalue weighted by Crippen LogP contribution is -2.01. The van der Waals surface area contributed by atoms with Crippen molar-refractivity contribution in [3.8, 4) is 51.4 Å². The standard InChI is InChI=1S/C32H37N3O4/c36-21-13-6-4-2-1-3-5-7-14-22-39-25-19-20-27(29(38)23-25)32-34-30(24-15-9-8-10-16-24)33-31(35-32)26-17-11-12-18-28(26)37/h8-12,15-20,23,36-38H,1-7,13-14,21-22H2. The SMILES string of the molecule is OCCCCCCCCCCCOc1ccc(-c2nc(-c3ccccc3)nc(-c3ccccc3O)n2)c(O)c1. The molecule has 39 heavy (non-hydrogen) atoms. The molecule has 204 valence electrons. The summed E-state index contributed by atoms with van der Waals surface area (Å²) in [5.74, 6) is 1.76. The highest BCUT2D eigenvalue weighted by atomic mass is 16.5. The van der Waals surface area contributed by atoms with Crippen molar-refractivity contribution >= 4 is 0 Å². The van der Waals surface area contributed by atoms with Crippen LogP contribution in [0.25, 0.3) is 34.2 Å². The van der Waals surface area contributed by atoms with Crippen molar-refractivity contribution in [3.63, 3.8) is 0 Å². The van der Waals surface area contributed by atoms with Gasteiger partial charge in [-0.2, -0.15) is 0 Å². The van der Waals surface area contributed by atoms with Crippen molar-refractivity contribution in [2.45, 2.75) is 57.8 Å². The van der Waals surface area contributed by atoms with Crippen molar-refractivity contribution in [3.05, 3.63) is 72.8 Å².